The summed E-state index contributed by atoms with van der Waals surface area (Å²) in [5.41, 5.74) is 6.58. The molecule has 0 radical (unpaired) electrons. The average Bonchev–Trinajstić information content (AvgIpc) is 3.36. The van der Waals surface area contributed by atoms with Crippen molar-refractivity contribution >= 4 is 34.1 Å². The van der Waals surface area contributed by atoms with Gasteiger partial charge in [0.15, 0.2) is 0 Å². The number of carbonyl (C=O) groups is 1. The van der Waals surface area contributed by atoms with E-state index in [1.807, 2.05) is 66.7 Å². The molecule has 0 saturated heterocycles. The van der Waals surface area contributed by atoms with E-state index in [0.29, 0.717) is 18.2 Å². The molecule has 5 rings (SSSR count). The first kappa shape index (κ1) is 24.1. The molecule has 37 heavy (non-hydrogen) atoms. The van der Waals surface area contributed by atoms with Crippen molar-refractivity contribution in [1.82, 2.24) is 15.0 Å². The van der Waals surface area contributed by atoms with E-state index < -0.39 is 0 Å². The molecule has 0 aliphatic carbocycles. The van der Waals surface area contributed by atoms with Crippen LogP contribution in [0.2, 0.25) is 0 Å². The Morgan fingerprint density at radius 3 is 2.30 bits per heavy atom. The number of nitrogens with zero attached hydrogens (tertiary/aromatic N) is 2. The largest absolute Gasteiger partial charge is 0.497 e. The predicted molar refractivity (Wildman–Crippen MR) is 148 cm³/mol. The van der Waals surface area contributed by atoms with E-state index >= 15 is 0 Å². The molecule has 3 N–H and O–H groups in total. The first-order chi connectivity index (χ1) is 18.0. The van der Waals surface area contributed by atoms with Gasteiger partial charge < -0.3 is 20.4 Å². The summed E-state index contributed by atoms with van der Waals surface area (Å²) < 4.78 is 5.25. The lowest BCUT2D eigenvalue weighted by Crippen LogP contribution is -2.14. The van der Waals surface area contributed by atoms with Gasteiger partial charge in [0.1, 0.15) is 23.5 Å². The van der Waals surface area contributed by atoms with Gasteiger partial charge in [-0.15, -0.1) is 0 Å². The highest BCUT2D eigenvalue weighted by Gasteiger charge is 2.11. The van der Waals surface area contributed by atoms with Crippen LogP contribution in [0, 0.1) is 0 Å². The van der Waals surface area contributed by atoms with Crippen LogP contribution in [0.5, 0.6) is 5.75 Å². The molecule has 0 saturated carbocycles. The first-order valence-corrected chi connectivity index (χ1v) is 12.2. The molecule has 7 nitrogen and oxygen atoms in total. The van der Waals surface area contributed by atoms with Crippen LogP contribution >= 0.6 is 0 Å². The topological polar surface area (TPSA) is 91.9 Å². The highest BCUT2D eigenvalue weighted by molar-refractivity contribution is 5.93. The van der Waals surface area contributed by atoms with Crippen LogP contribution in [0.1, 0.15) is 30.9 Å². The van der Waals surface area contributed by atoms with Crippen LogP contribution in [-0.4, -0.2) is 28.0 Å². The number of ether oxygens (including phenoxy) is 1. The van der Waals surface area contributed by atoms with Gasteiger partial charge in [0.05, 0.1) is 18.9 Å². The fraction of sp³-hybridized carbons (Fsp3) is 0.167. The Hall–Kier alpha value is -4.65. The average molecular weight is 492 g/mol. The molecule has 0 atom stereocenters. The van der Waals surface area contributed by atoms with Crippen molar-refractivity contribution in [2.75, 3.05) is 17.7 Å². The van der Waals surface area contributed by atoms with Crippen LogP contribution in [0.3, 0.4) is 0 Å². The Morgan fingerprint density at radius 2 is 1.62 bits per heavy atom. The van der Waals surface area contributed by atoms with Gasteiger partial charge in [0, 0.05) is 17.1 Å². The highest BCUT2D eigenvalue weighted by atomic mass is 16.5. The second kappa shape index (κ2) is 10.5. The third-order valence-electron chi connectivity index (χ3n) is 6.27. The molecule has 186 valence electrons. The van der Waals surface area contributed by atoms with E-state index in [0.717, 1.165) is 45.0 Å². The minimum absolute atomic E-state index is 0.0473. The molecule has 0 fully saturated rings. The number of hydrogen-bond donors (Lipinski definition) is 3. The number of methoxy groups -OCH3 is 1. The maximum Gasteiger partial charge on any atom is 0.228 e. The smallest absolute Gasteiger partial charge is 0.228 e. The molecule has 3 aromatic carbocycles. The van der Waals surface area contributed by atoms with E-state index in [1.165, 1.54) is 11.9 Å². The number of hydrogen-bond acceptors (Lipinski definition) is 5. The van der Waals surface area contributed by atoms with Crippen molar-refractivity contribution in [1.29, 1.82) is 0 Å². The number of amides is 1. The predicted octanol–water partition coefficient (Wildman–Crippen LogP) is 6.68. The molecule has 0 aliphatic heterocycles. The molecular formula is C30H29N5O2. The first-order valence-electron chi connectivity index (χ1n) is 12.2. The van der Waals surface area contributed by atoms with Gasteiger partial charge in [-0.25, -0.2) is 9.97 Å². The fourth-order valence-electron chi connectivity index (χ4n) is 4.15. The summed E-state index contributed by atoms with van der Waals surface area (Å²) in [5.74, 6) is 1.93. The zero-order chi connectivity index (χ0) is 25.8. The van der Waals surface area contributed by atoms with E-state index in [2.05, 4.69) is 51.6 Å². The number of nitrogens with one attached hydrogen (secondary N) is 3. The lowest BCUT2D eigenvalue weighted by atomic mass is 10.0. The molecule has 0 aliphatic rings. The number of benzene rings is 3. The van der Waals surface area contributed by atoms with Crippen molar-refractivity contribution in [3.05, 3.63) is 96.3 Å². The van der Waals surface area contributed by atoms with E-state index in [4.69, 9.17) is 4.74 Å². The van der Waals surface area contributed by atoms with Crippen LogP contribution in [0.25, 0.3) is 22.3 Å². The maximum atomic E-state index is 12.5. The van der Waals surface area contributed by atoms with E-state index in [1.54, 1.807) is 7.11 Å². The molecule has 2 aromatic heterocycles. The number of H-pyrrole nitrogens is 1. The van der Waals surface area contributed by atoms with Crippen LogP contribution < -0.4 is 15.4 Å². The summed E-state index contributed by atoms with van der Waals surface area (Å²) >= 11 is 0. The number of carbonyl (C=O) groups excluding carboxylic acids is 1. The van der Waals surface area contributed by atoms with Gasteiger partial charge in [-0.3, -0.25) is 4.79 Å². The van der Waals surface area contributed by atoms with Crippen LogP contribution in [0.4, 0.5) is 17.2 Å². The Kier molecular flexibility index (Phi) is 6.85. The Bertz CT molecular complexity index is 1510. The van der Waals surface area contributed by atoms with E-state index in [9.17, 15) is 4.79 Å². The number of rotatable bonds is 8. The Morgan fingerprint density at radius 1 is 0.919 bits per heavy atom. The van der Waals surface area contributed by atoms with Crippen molar-refractivity contribution < 1.29 is 9.53 Å². The summed E-state index contributed by atoms with van der Waals surface area (Å²) in [5, 5.41) is 7.23. The SMILES string of the molecule is COc1ccc(-c2cc3c(Nc4ccc(CC(=O)Nc5ccc(C(C)C)cc5)cc4)ncnc3[nH]2)cc1. The zero-order valence-corrected chi connectivity index (χ0v) is 21.1. The van der Waals surface area contributed by atoms with Gasteiger partial charge >= 0.3 is 0 Å². The quantitative estimate of drug-likeness (QED) is 0.225. The highest BCUT2D eigenvalue weighted by Crippen LogP contribution is 2.29. The third kappa shape index (κ3) is 5.62. The van der Waals surface area contributed by atoms with Crippen LogP contribution in [-0.2, 0) is 11.2 Å². The minimum atomic E-state index is -0.0473. The molecule has 5 aromatic rings. The summed E-state index contributed by atoms with van der Waals surface area (Å²) in [6, 6.07) is 25.7. The minimum Gasteiger partial charge on any atom is -0.497 e. The van der Waals surface area contributed by atoms with Gasteiger partial charge in [-0.1, -0.05) is 38.1 Å². The lowest BCUT2D eigenvalue weighted by molar-refractivity contribution is -0.115. The maximum absolute atomic E-state index is 12.5. The van der Waals surface area contributed by atoms with Gasteiger partial charge in [-0.2, -0.15) is 0 Å². The van der Waals surface area contributed by atoms with Crippen molar-refractivity contribution in [3.63, 3.8) is 0 Å². The Labute approximate surface area is 215 Å². The zero-order valence-electron chi connectivity index (χ0n) is 21.1. The number of fused-ring (bicyclic) bond motifs is 1. The van der Waals surface area contributed by atoms with Gasteiger partial charge in [-0.05, 0) is 77.2 Å². The summed E-state index contributed by atoms with van der Waals surface area (Å²) in [6.45, 7) is 4.30. The molecule has 0 spiro atoms. The number of aromatic amines is 1. The Balaban J connectivity index is 1.25. The molecule has 7 heteroatoms. The molecule has 1 amide bonds. The molecule has 0 unspecified atom stereocenters. The van der Waals surface area contributed by atoms with Crippen LogP contribution in [0.15, 0.2) is 85.2 Å². The molecule has 0 bridgehead atoms. The summed E-state index contributed by atoms with van der Waals surface area (Å²) in [4.78, 5) is 24.7. The standard InChI is InChI=1S/C30H29N5O2/c1-19(2)21-6-12-23(13-7-21)33-28(36)16-20-4-10-24(11-5-20)34-29-26-17-27(35-30(26)32-18-31-29)22-8-14-25(37-3)15-9-22/h4-15,17-19H,16H2,1-3H3,(H,33,36)(H2,31,32,34,35). The van der Waals surface area contributed by atoms with E-state index in [-0.39, 0.29) is 5.91 Å². The summed E-state index contributed by atoms with van der Waals surface area (Å²) in [6.07, 6.45) is 1.83. The normalized spacial score (nSPS) is 11.0. The van der Waals surface area contributed by atoms with Crippen molar-refractivity contribution in [3.8, 4) is 17.0 Å². The third-order valence-corrected chi connectivity index (χ3v) is 6.27. The summed E-state index contributed by atoms with van der Waals surface area (Å²) in [7, 11) is 1.65. The monoisotopic (exact) mass is 491 g/mol. The van der Waals surface area contributed by atoms with Gasteiger partial charge in [0.2, 0.25) is 5.91 Å². The molecule has 2 heterocycles. The second-order valence-electron chi connectivity index (χ2n) is 9.22. The lowest BCUT2D eigenvalue weighted by Gasteiger charge is -2.09. The second-order valence-corrected chi connectivity index (χ2v) is 9.22. The fourth-order valence-corrected chi connectivity index (χ4v) is 4.15. The molecular weight excluding hydrogens is 462 g/mol. The number of aromatic nitrogens is 3. The van der Waals surface area contributed by atoms with Crippen molar-refractivity contribution in [2.24, 2.45) is 0 Å². The van der Waals surface area contributed by atoms with Gasteiger partial charge in [0.25, 0.3) is 0 Å². The number of anilines is 3. The van der Waals surface area contributed by atoms with Crippen molar-refractivity contribution in [2.45, 2.75) is 26.2 Å².